The van der Waals surface area contributed by atoms with Gasteiger partial charge in [-0.1, -0.05) is 38.1 Å². The van der Waals surface area contributed by atoms with E-state index in [1.165, 1.54) is 11.1 Å². The second-order valence-electron chi connectivity index (χ2n) is 4.83. The van der Waals surface area contributed by atoms with E-state index in [1.807, 2.05) is 25.1 Å². The fraction of sp³-hybridized carbons (Fsp3) is 0.333. The first kappa shape index (κ1) is 13.8. The monoisotopic (exact) mass is 324 g/mol. The van der Waals surface area contributed by atoms with Crippen LogP contribution in [0.1, 0.15) is 47.4 Å². The Kier molecular flexibility index (Phi) is 4.25. The van der Waals surface area contributed by atoms with Crippen molar-refractivity contribution < 1.29 is 5.11 Å². The van der Waals surface area contributed by atoms with Crippen LogP contribution in [0.25, 0.3) is 0 Å². The highest BCUT2D eigenvalue weighted by molar-refractivity contribution is 9.11. The lowest BCUT2D eigenvalue weighted by Crippen LogP contribution is -1.97. The SMILES string of the molecule is Cc1cc(C(O)c2ccc(C(C)C)cc2)sc1Br. The van der Waals surface area contributed by atoms with Gasteiger partial charge in [0.05, 0.1) is 3.79 Å². The van der Waals surface area contributed by atoms with Gasteiger partial charge in [-0.2, -0.15) is 0 Å². The van der Waals surface area contributed by atoms with E-state index in [0.717, 1.165) is 14.2 Å². The van der Waals surface area contributed by atoms with Gasteiger partial charge in [0.25, 0.3) is 0 Å². The number of aliphatic hydroxyl groups excluding tert-OH is 1. The third kappa shape index (κ3) is 2.85. The van der Waals surface area contributed by atoms with Crippen LogP contribution in [-0.4, -0.2) is 5.11 Å². The number of thiophene rings is 1. The molecule has 0 amide bonds. The molecule has 0 saturated heterocycles. The molecule has 1 atom stereocenters. The van der Waals surface area contributed by atoms with E-state index < -0.39 is 6.10 Å². The van der Waals surface area contributed by atoms with E-state index in [4.69, 9.17) is 0 Å². The highest BCUT2D eigenvalue weighted by atomic mass is 79.9. The molecule has 18 heavy (non-hydrogen) atoms. The van der Waals surface area contributed by atoms with Gasteiger partial charge in [-0.05, 0) is 51.5 Å². The van der Waals surface area contributed by atoms with Gasteiger partial charge in [0.15, 0.2) is 0 Å². The molecule has 1 N–H and O–H groups in total. The molecule has 0 fully saturated rings. The van der Waals surface area contributed by atoms with Crippen molar-refractivity contribution in [1.29, 1.82) is 0 Å². The van der Waals surface area contributed by atoms with Gasteiger partial charge >= 0.3 is 0 Å². The molecule has 0 spiro atoms. The van der Waals surface area contributed by atoms with E-state index in [-0.39, 0.29) is 0 Å². The number of aliphatic hydroxyl groups is 1. The Bertz CT molecular complexity index is 508. The van der Waals surface area contributed by atoms with Crippen LogP contribution in [0.5, 0.6) is 0 Å². The summed E-state index contributed by atoms with van der Waals surface area (Å²) in [4.78, 5) is 0.983. The Balaban J connectivity index is 2.25. The van der Waals surface area contributed by atoms with E-state index >= 15 is 0 Å². The van der Waals surface area contributed by atoms with E-state index in [2.05, 4.69) is 41.9 Å². The fourth-order valence-corrected chi connectivity index (χ4v) is 3.43. The van der Waals surface area contributed by atoms with Gasteiger partial charge in [-0.3, -0.25) is 0 Å². The van der Waals surface area contributed by atoms with Crippen molar-refractivity contribution in [3.05, 3.63) is 55.7 Å². The smallest absolute Gasteiger partial charge is 0.113 e. The maximum atomic E-state index is 10.3. The molecule has 0 aliphatic rings. The average molecular weight is 325 g/mol. The third-order valence-electron chi connectivity index (χ3n) is 3.06. The van der Waals surface area contributed by atoms with Gasteiger partial charge in [0.1, 0.15) is 6.10 Å². The summed E-state index contributed by atoms with van der Waals surface area (Å²) in [6.07, 6.45) is -0.527. The van der Waals surface area contributed by atoms with Crippen LogP contribution in [0.3, 0.4) is 0 Å². The average Bonchev–Trinajstić information content (AvgIpc) is 2.69. The summed E-state index contributed by atoms with van der Waals surface area (Å²) in [7, 11) is 0. The molecule has 1 heterocycles. The highest BCUT2D eigenvalue weighted by Crippen LogP contribution is 2.34. The summed E-state index contributed by atoms with van der Waals surface area (Å²) < 4.78 is 1.09. The predicted octanol–water partition coefficient (Wildman–Crippen LogP) is 5.02. The maximum Gasteiger partial charge on any atom is 0.113 e. The molecule has 1 aromatic carbocycles. The van der Waals surface area contributed by atoms with Crippen molar-refractivity contribution in [2.45, 2.75) is 32.8 Å². The number of hydrogen-bond donors (Lipinski definition) is 1. The van der Waals surface area contributed by atoms with E-state index in [1.54, 1.807) is 11.3 Å². The number of hydrogen-bond acceptors (Lipinski definition) is 2. The Morgan fingerprint density at radius 2 is 1.67 bits per heavy atom. The molecule has 2 aromatic rings. The number of benzene rings is 1. The molecule has 96 valence electrons. The topological polar surface area (TPSA) is 20.2 Å². The minimum atomic E-state index is -0.527. The number of rotatable bonds is 3. The Morgan fingerprint density at radius 1 is 1.11 bits per heavy atom. The lowest BCUT2D eigenvalue weighted by molar-refractivity contribution is 0.224. The first-order chi connectivity index (χ1) is 8.49. The highest BCUT2D eigenvalue weighted by Gasteiger charge is 2.14. The standard InChI is InChI=1S/C15H17BrOS/c1-9(2)11-4-6-12(7-5-11)14(17)13-8-10(3)15(16)18-13/h4-9,14,17H,1-3H3. The zero-order valence-corrected chi connectivity index (χ0v) is 13.2. The van der Waals surface area contributed by atoms with Gasteiger partial charge in [-0.25, -0.2) is 0 Å². The van der Waals surface area contributed by atoms with Crippen LogP contribution in [0.4, 0.5) is 0 Å². The second-order valence-corrected chi connectivity index (χ2v) is 7.23. The van der Waals surface area contributed by atoms with E-state index in [9.17, 15) is 5.11 Å². The molecule has 0 radical (unpaired) electrons. The van der Waals surface area contributed by atoms with Gasteiger partial charge < -0.3 is 5.11 Å². The third-order valence-corrected chi connectivity index (χ3v) is 5.25. The lowest BCUT2D eigenvalue weighted by atomic mass is 9.99. The van der Waals surface area contributed by atoms with Gasteiger partial charge in [0, 0.05) is 4.88 Å². The molecule has 1 unspecified atom stereocenters. The summed E-state index contributed by atoms with van der Waals surface area (Å²) >= 11 is 5.09. The van der Waals surface area contributed by atoms with Crippen molar-refractivity contribution in [1.82, 2.24) is 0 Å². The van der Waals surface area contributed by atoms with Crippen molar-refractivity contribution in [3.63, 3.8) is 0 Å². The second kappa shape index (κ2) is 5.55. The maximum absolute atomic E-state index is 10.3. The quantitative estimate of drug-likeness (QED) is 0.840. The minimum absolute atomic E-state index is 0.523. The van der Waals surface area contributed by atoms with Gasteiger partial charge in [0.2, 0.25) is 0 Å². The van der Waals surface area contributed by atoms with Crippen LogP contribution >= 0.6 is 27.3 Å². The summed E-state index contributed by atoms with van der Waals surface area (Å²) in [5, 5.41) is 10.3. The fourth-order valence-electron chi connectivity index (χ4n) is 1.85. The van der Waals surface area contributed by atoms with Crippen molar-refractivity contribution >= 4 is 27.3 Å². The van der Waals surface area contributed by atoms with Crippen LogP contribution in [0.15, 0.2) is 34.1 Å². The molecule has 1 aromatic heterocycles. The summed E-state index contributed by atoms with van der Waals surface area (Å²) in [5.41, 5.74) is 3.43. The largest absolute Gasteiger partial charge is 0.383 e. The zero-order chi connectivity index (χ0) is 13.3. The molecule has 0 aliphatic carbocycles. The molecular weight excluding hydrogens is 308 g/mol. The van der Waals surface area contributed by atoms with Gasteiger partial charge in [-0.15, -0.1) is 11.3 Å². The number of halogens is 1. The Morgan fingerprint density at radius 3 is 2.11 bits per heavy atom. The molecular formula is C15H17BrOS. The first-order valence-corrected chi connectivity index (χ1v) is 7.63. The van der Waals surface area contributed by atoms with Crippen LogP contribution < -0.4 is 0 Å². The molecule has 0 aliphatic heterocycles. The number of aryl methyl sites for hydroxylation is 1. The molecule has 0 bridgehead atoms. The van der Waals surface area contributed by atoms with E-state index in [0.29, 0.717) is 5.92 Å². The van der Waals surface area contributed by atoms with Crippen molar-refractivity contribution in [2.24, 2.45) is 0 Å². The zero-order valence-electron chi connectivity index (χ0n) is 10.8. The normalized spacial score (nSPS) is 13.0. The summed E-state index contributed by atoms with van der Waals surface area (Å²) in [6, 6.07) is 10.3. The van der Waals surface area contributed by atoms with Crippen LogP contribution in [0.2, 0.25) is 0 Å². The Hall–Kier alpha value is -0.640. The molecule has 0 saturated carbocycles. The molecule has 1 nitrogen and oxygen atoms in total. The van der Waals surface area contributed by atoms with Crippen molar-refractivity contribution in [2.75, 3.05) is 0 Å². The summed E-state index contributed by atoms with van der Waals surface area (Å²) in [6.45, 7) is 6.38. The molecule has 2 rings (SSSR count). The lowest BCUT2D eigenvalue weighted by Gasteiger charge is -2.11. The summed E-state index contributed by atoms with van der Waals surface area (Å²) in [5.74, 6) is 0.523. The first-order valence-electron chi connectivity index (χ1n) is 6.02. The molecule has 3 heteroatoms. The predicted molar refractivity (Wildman–Crippen MR) is 81.3 cm³/mol. The van der Waals surface area contributed by atoms with Crippen molar-refractivity contribution in [3.8, 4) is 0 Å². The minimum Gasteiger partial charge on any atom is -0.383 e. The van der Waals surface area contributed by atoms with Crippen LogP contribution in [-0.2, 0) is 0 Å². The van der Waals surface area contributed by atoms with Crippen LogP contribution in [0, 0.1) is 6.92 Å². The Labute approximate surface area is 121 Å².